The van der Waals surface area contributed by atoms with E-state index in [1.165, 1.54) is 0 Å². The van der Waals surface area contributed by atoms with Gasteiger partial charge in [0.2, 0.25) is 0 Å². The van der Waals surface area contributed by atoms with Crippen molar-refractivity contribution >= 4 is 45.2 Å². The Morgan fingerprint density at radius 1 is 1.22 bits per heavy atom. The zero-order valence-corrected chi connectivity index (χ0v) is 13.2. The SMILES string of the molecule is N#Cc1ccc(C=C(Cl)c2nc3cc(Cl)ccc3c(=O)[nH]2)cc1. The molecule has 2 aromatic carbocycles. The van der Waals surface area contributed by atoms with E-state index in [-0.39, 0.29) is 16.4 Å². The first-order valence-corrected chi connectivity index (χ1v) is 7.40. The summed E-state index contributed by atoms with van der Waals surface area (Å²) in [7, 11) is 0. The molecule has 1 heterocycles. The molecule has 0 bridgehead atoms. The minimum absolute atomic E-state index is 0.260. The summed E-state index contributed by atoms with van der Waals surface area (Å²) in [5.41, 5.74) is 1.55. The third-order valence-electron chi connectivity index (χ3n) is 3.23. The van der Waals surface area contributed by atoms with Gasteiger partial charge in [0.05, 0.1) is 27.6 Å². The molecule has 1 N–H and O–H groups in total. The summed E-state index contributed by atoms with van der Waals surface area (Å²) < 4.78 is 0. The molecule has 23 heavy (non-hydrogen) atoms. The molecule has 0 radical (unpaired) electrons. The van der Waals surface area contributed by atoms with Crippen LogP contribution in [0.2, 0.25) is 5.02 Å². The predicted molar refractivity (Wildman–Crippen MR) is 92.3 cm³/mol. The number of nitriles is 1. The van der Waals surface area contributed by atoms with Crippen molar-refractivity contribution in [2.75, 3.05) is 0 Å². The average Bonchev–Trinajstić information content (AvgIpc) is 2.55. The van der Waals surface area contributed by atoms with E-state index in [1.807, 2.05) is 6.07 Å². The highest BCUT2D eigenvalue weighted by atomic mass is 35.5. The van der Waals surface area contributed by atoms with Gasteiger partial charge in [-0.2, -0.15) is 5.26 Å². The van der Waals surface area contributed by atoms with Crippen LogP contribution in [0.15, 0.2) is 47.3 Å². The van der Waals surface area contributed by atoms with Crippen LogP contribution in [0.25, 0.3) is 22.0 Å². The zero-order valence-electron chi connectivity index (χ0n) is 11.7. The highest BCUT2D eigenvalue weighted by Gasteiger charge is 2.07. The maximum atomic E-state index is 12.1. The summed E-state index contributed by atoms with van der Waals surface area (Å²) in [6.07, 6.45) is 1.66. The van der Waals surface area contributed by atoms with E-state index < -0.39 is 0 Å². The third-order valence-corrected chi connectivity index (χ3v) is 3.75. The predicted octanol–water partition coefficient (Wildman–Crippen LogP) is 4.19. The van der Waals surface area contributed by atoms with Gasteiger partial charge in [-0.05, 0) is 42.0 Å². The second-order valence-corrected chi connectivity index (χ2v) is 5.65. The van der Waals surface area contributed by atoms with Crippen molar-refractivity contribution in [1.82, 2.24) is 9.97 Å². The van der Waals surface area contributed by atoms with Gasteiger partial charge in [0.1, 0.15) is 0 Å². The number of aromatic amines is 1. The lowest BCUT2D eigenvalue weighted by Gasteiger charge is -2.03. The van der Waals surface area contributed by atoms with Crippen molar-refractivity contribution in [1.29, 1.82) is 5.26 Å². The molecule has 0 spiro atoms. The van der Waals surface area contributed by atoms with Crippen molar-refractivity contribution in [3.8, 4) is 6.07 Å². The third kappa shape index (κ3) is 3.26. The highest BCUT2D eigenvalue weighted by molar-refractivity contribution is 6.50. The monoisotopic (exact) mass is 341 g/mol. The van der Waals surface area contributed by atoms with Gasteiger partial charge in [-0.15, -0.1) is 0 Å². The molecule has 4 nitrogen and oxygen atoms in total. The molecule has 0 saturated carbocycles. The Morgan fingerprint density at radius 2 is 1.96 bits per heavy atom. The van der Waals surface area contributed by atoms with Crippen molar-refractivity contribution in [2.45, 2.75) is 0 Å². The molecular formula is C17H9Cl2N3O. The minimum atomic E-state index is -0.284. The van der Waals surface area contributed by atoms with Crippen LogP contribution in [0.5, 0.6) is 0 Å². The van der Waals surface area contributed by atoms with Crippen LogP contribution in [-0.2, 0) is 0 Å². The zero-order chi connectivity index (χ0) is 16.4. The standard InChI is InChI=1S/C17H9Cl2N3O/c18-12-5-6-13-15(8-12)21-16(22-17(13)23)14(19)7-10-1-3-11(9-20)4-2-10/h1-8H,(H,21,22,23). The molecule has 0 aliphatic heterocycles. The van der Waals surface area contributed by atoms with Crippen LogP contribution in [0.4, 0.5) is 0 Å². The minimum Gasteiger partial charge on any atom is -0.305 e. The molecule has 0 atom stereocenters. The molecule has 0 saturated heterocycles. The smallest absolute Gasteiger partial charge is 0.259 e. The average molecular weight is 342 g/mol. The first kappa shape index (κ1) is 15.3. The number of fused-ring (bicyclic) bond motifs is 1. The normalized spacial score (nSPS) is 11.4. The maximum absolute atomic E-state index is 12.1. The van der Waals surface area contributed by atoms with Crippen LogP contribution in [0, 0.1) is 11.3 Å². The van der Waals surface area contributed by atoms with Gasteiger partial charge >= 0.3 is 0 Å². The second kappa shape index (κ2) is 6.25. The molecule has 0 unspecified atom stereocenters. The van der Waals surface area contributed by atoms with Crippen molar-refractivity contribution in [3.05, 3.63) is 74.8 Å². The summed E-state index contributed by atoms with van der Waals surface area (Å²) in [5, 5.41) is 10.0. The lowest BCUT2D eigenvalue weighted by molar-refractivity contribution is 1.14. The maximum Gasteiger partial charge on any atom is 0.259 e. The number of nitrogens with zero attached hydrogens (tertiary/aromatic N) is 2. The van der Waals surface area contributed by atoms with Gasteiger partial charge in [-0.3, -0.25) is 4.79 Å². The Bertz CT molecular complexity index is 1010. The van der Waals surface area contributed by atoms with Gasteiger partial charge in [-0.25, -0.2) is 4.98 Å². The number of nitrogens with one attached hydrogen (secondary N) is 1. The Labute approximate surface area is 141 Å². The van der Waals surface area contributed by atoms with E-state index >= 15 is 0 Å². The Morgan fingerprint density at radius 3 is 2.65 bits per heavy atom. The molecule has 0 aliphatic carbocycles. The summed E-state index contributed by atoms with van der Waals surface area (Å²) in [6.45, 7) is 0. The quantitative estimate of drug-likeness (QED) is 0.759. The first-order chi connectivity index (χ1) is 11.1. The number of aromatic nitrogens is 2. The van der Waals surface area contributed by atoms with Crippen LogP contribution in [0.3, 0.4) is 0 Å². The molecule has 3 aromatic rings. The Balaban J connectivity index is 2.06. The van der Waals surface area contributed by atoms with E-state index in [2.05, 4.69) is 9.97 Å². The molecule has 112 valence electrons. The van der Waals surface area contributed by atoms with Gasteiger partial charge in [0.25, 0.3) is 5.56 Å². The summed E-state index contributed by atoms with van der Waals surface area (Å²) in [6, 6.07) is 13.8. The molecule has 1 aromatic heterocycles. The van der Waals surface area contributed by atoms with Crippen LogP contribution in [-0.4, -0.2) is 9.97 Å². The topological polar surface area (TPSA) is 69.5 Å². The fourth-order valence-electron chi connectivity index (χ4n) is 2.09. The lowest BCUT2D eigenvalue weighted by Crippen LogP contribution is -2.10. The van der Waals surface area contributed by atoms with Crippen molar-refractivity contribution in [2.24, 2.45) is 0 Å². The van der Waals surface area contributed by atoms with Gasteiger partial charge in [0, 0.05) is 5.02 Å². The van der Waals surface area contributed by atoms with E-state index in [0.717, 1.165) is 5.56 Å². The van der Waals surface area contributed by atoms with Crippen LogP contribution >= 0.6 is 23.2 Å². The number of H-pyrrole nitrogens is 1. The van der Waals surface area contributed by atoms with Crippen molar-refractivity contribution < 1.29 is 0 Å². The fraction of sp³-hybridized carbons (Fsp3) is 0. The van der Waals surface area contributed by atoms with Crippen LogP contribution in [0.1, 0.15) is 17.0 Å². The Kier molecular flexibility index (Phi) is 4.16. The first-order valence-electron chi connectivity index (χ1n) is 6.64. The fourth-order valence-corrected chi connectivity index (χ4v) is 2.48. The molecule has 3 rings (SSSR count). The largest absolute Gasteiger partial charge is 0.305 e. The summed E-state index contributed by atoms with van der Waals surface area (Å²) in [4.78, 5) is 19.1. The number of halogens is 2. The summed E-state index contributed by atoms with van der Waals surface area (Å²) in [5.74, 6) is 0.260. The van der Waals surface area contributed by atoms with Gasteiger partial charge in [0.15, 0.2) is 5.82 Å². The molecule has 6 heteroatoms. The molecule has 0 fully saturated rings. The van der Waals surface area contributed by atoms with Gasteiger partial charge in [-0.1, -0.05) is 35.3 Å². The van der Waals surface area contributed by atoms with Gasteiger partial charge < -0.3 is 4.98 Å². The van der Waals surface area contributed by atoms with Crippen LogP contribution < -0.4 is 5.56 Å². The van der Waals surface area contributed by atoms with E-state index in [9.17, 15) is 4.79 Å². The summed E-state index contributed by atoms with van der Waals surface area (Å²) >= 11 is 12.2. The van der Waals surface area contributed by atoms with E-state index in [1.54, 1.807) is 48.5 Å². The molecule has 0 amide bonds. The van der Waals surface area contributed by atoms with E-state index in [0.29, 0.717) is 21.5 Å². The highest BCUT2D eigenvalue weighted by Crippen LogP contribution is 2.21. The number of hydrogen-bond acceptors (Lipinski definition) is 3. The van der Waals surface area contributed by atoms with E-state index in [4.69, 9.17) is 28.5 Å². The molecule has 0 aliphatic rings. The Hall–Kier alpha value is -2.61. The lowest BCUT2D eigenvalue weighted by atomic mass is 10.1. The number of hydrogen-bond donors (Lipinski definition) is 1. The van der Waals surface area contributed by atoms with Crippen molar-refractivity contribution in [3.63, 3.8) is 0 Å². The number of rotatable bonds is 2. The second-order valence-electron chi connectivity index (χ2n) is 4.80. The number of benzene rings is 2. The molecular weight excluding hydrogens is 333 g/mol.